The van der Waals surface area contributed by atoms with E-state index in [2.05, 4.69) is 11.9 Å². The molecule has 0 aromatic heterocycles. The summed E-state index contributed by atoms with van der Waals surface area (Å²) in [4.78, 5) is 13.8. The summed E-state index contributed by atoms with van der Waals surface area (Å²) in [5.41, 5.74) is 13.0. The maximum atomic E-state index is 11.5. The number of rotatable bonds is 5. The molecular formula is C16H25N3O. The Bertz CT molecular complexity index is 461. The minimum absolute atomic E-state index is 0.354. The number of amides is 1. The monoisotopic (exact) mass is 275 g/mol. The lowest BCUT2D eigenvalue weighted by Gasteiger charge is -2.37. The van der Waals surface area contributed by atoms with Gasteiger partial charge in [-0.05, 0) is 44.0 Å². The van der Waals surface area contributed by atoms with E-state index in [1.165, 1.54) is 25.7 Å². The van der Waals surface area contributed by atoms with Crippen LogP contribution in [0.5, 0.6) is 0 Å². The van der Waals surface area contributed by atoms with Gasteiger partial charge in [0.25, 0.3) is 0 Å². The highest BCUT2D eigenvalue weighted by atomic mass is 16.1. The zero-order chi connectivity index (χ0) is 14.5. The maximum absolute atomic E-state index is 11.5. The molecule has 0 radical (unpaired) electrons. The molecule has 4 heteroatoms. The molecule has 1 aliphatic rings. The summed E-state index contributed by atoms with van der Waals surface area (Å²) in [6.07, 6.45) is 4.95. The summed E-state index contributed by atoms with van der Waals surface area (Å²) in [6, 6.07) is 8.10. The summed E-state index contributed by atoms with van der Waals surface area (Å²) in [7, 11) is 2.12. The van der Waals surface area contributed by atoms with Gasteiger partial charge < -0.3 is 11.5 Å². The quantitative estimate of drug-likeness (QED) is 0.859. The van der Waals surface area contributed by atoms with E-state index in [-0.39, 0.29) is 5.91 Å². The molecule has 0 aliphatic heterocycles. The van der Waals surface area contributed by atoms with Crippen molar-refractivity contribution in [3.8, 4) is 0 Å². The molecule has 1 saturated carbocycles. The molecule has 0 bridgehead atoms. The van der Waals surface area contributed by atoms with E-state index < -0.39 is 0 Å². The average Bonchev–Trinajstić information content (AvgIpc) is 2.47. The highest BCUT2D eigenvalue weighted by Gasteiger charge is 2.27. The van der Waals surface area contributed by atoms with Crippen LogP contribution in [0, 0.1) is 5.92 Å². The van der Waals surface area contributed by atoms with Crippen molar-refractivity contribution < 1.29 is 4.79 Å². The average molecular weight is 275 g/mol. The molecule has 2 rings (SSSR count). The van der Waals surface area contributed by atoms with Gasteiger partial charge in [-0.25, -0.2) is 0 Å². The third-order valence-corrected chi connectivity index (χ3v) is 4.44. The van der Waals surface area contributed by atoms with Crippen molar-refractivity contribution in [1.82, 2.24) is 4.90 Å². The number of hydrogen-bond acceptors (Lipinski definition) is 3. The summed E-state index contributed by atoms with van der Waals surface area (Å²) < 4.78 is 0. The van der Waals surface area contributed by atoms with Crippen LogP contribution in [0.25, 0.3) is 0 Å². The van der Waals surface area contributed by atoms with Crippen LogP contribution in [0.4, 0.5) is 0 Å². The van der Waals surface area contributed by atoms with E-state index in [0.717, 1.165) is 18.7 Å². The predicted octanol–water partition coefficient (Wildman–Crippen LogP) is 1.73. The molecule has 4 nitrogen and oxygen atoms in total. The van der Waals surface area contributed by atoms with Crippen molar-refractivity contribution in [2.24, 2.45) is 17.4 Å². The zero-order valence-electron chi connectivity index (χ0n) is 12.2. The standard InChI is InChI=1S/C16H25N3O/c1-19(15-9-5-3-6-12(15)10-17)11-13-7-2-4-8-14(13)16(18)20/h2,4,7-8,12,15H,3,5-6,9-11,17H2,1H3,(H2,18,20). The van der Waals surface area contributed by atoms with Crippen LogP contribution < -0.4 is 11.5 Å². The van der Waals surface area contributed by atoms with Crippen LogP contribution in [0.15, 0.2) is 24.3 Å². The molecule has 0 spiro atoms. The molecule has 2 unspecified atom stereocenters. The summed E-state index contributed by atoms with van der Waals surface area (Å²) >= 11 is 0. The van der Waals surface area contributed by atoms with Crippen molar-refractivity contribution in [2.45, 2.75) is 38.3 Å². The molecule has 1 aromatic carbocycles. The Morgan fingerprint density at radius 1 is 1.30 bits per heavy atom. The first-order chi connectivity index (χ1) is 9.63. The predicted molar refractivity (Wildman–Crippen MR) is 81.2 cm³/mol. The Balaban J connectivity index is 2.10. The molecule has 1 aliphatic carbocycles. The van der Waals surface area contributed by atoms with Crippen LogP contribution in [-0.2, 0) is 6.54 Å². The lowest BCUT2D eigenvalue weighted by Crippen LogP contribution is -2.42. The number of benzene rings is 1. The second-order valence-corrected chi connectivity index (χ2v) is 5.78. The number of hydrogen-bond donors (Lipinski definition) is 2. The summed E-state index contributed by atoms with van der Waals surface area (Å²) in [5.74, 6) is 0.211. The van der Waals surface area contributed by atoms with Crippen molar-refractivity contribution >= 4 is 5.91 Å². The maximum Gasteiger partial charge on any atom is 0.249 e. The van der Waals surface area contributed by atoms with Crippen molar-refractivity contribution in [1.29, 1.82) is 0 Å². The van der Waals surface area contributed by atoms with Gasteiger partial charge in [-0.3, -0.25) is 9.69 Å². The Kier molecular flexibility index (Phi) is 5.15. The smallest absolute Gasteiger partial charge is 0.249 e. The Labute approximate surface area is 121 Å². The third kappa shape index (κ3) is 3.38. The molecule has 0 saturated heterocycles. The first kappa shape index (κ1) is 15.0. The van der Waals surface area contributed by atoms with Gasteiger partial charge in [0.15, 0.2) is 0 Å². The Morgan fingerprint density at radius 2 is 2.00 bits per heavy atom. The fourth-order valence-corrected chi connectivity index (χ4v) is 3.33. The number of carbonyl (C=O) groups is 1. The van der Waals surface area contributed by atoms with Gasteiger partial charge >= 0.3 is 0 Å². The largest absolute Gasteiger partial charge is 0.366 e. The molecule has 110 valence electrons. The van der Waals surface area contributed by atoms with Gasteiger partial charge in [0.05, 0.1) is 0 Å². The third-order valence-electron chi connectivity index (χ3n) is 4.44. The molecular weight excluding hydrogens is 250 g/mol. The van der Waals surface area contributed by atoms with Crippen LogP contribution in [-0.4, -0.2) is 30.4 Å². The zero-order valence-corrected chi connectivity index (χ0v) is 12.2. The molecule has 2 atom stereocenters. The normalized spacial score (nSPS) is 22.9. The summed E-state index contributed by atoms with van der Waals surface area (Å²) in [5, 5.41) is 0. The first-order valence-electron chi connectivity index (χ1n) is 7.41. The van der Waals surface area contributed by atoms with Crippen LogP contribution >= 0.6 is 0 Å². The topological polar surface area (TPSA) is 72.3 Å². The second kappa shape index (κ2) is 6.86. The van der Waals surface area contributed by atoms with Crippen LogP contribution in [0.3, 0.4) is 0 Å². The van der Waals surface area contributed by atoms with Gasteiger partial charge in [0, 0.05) is 18.2 Å². The lowest BCUT2D eigenvalue weighted by atomic mass is 9.83. The van der Waals surface area contributed by atoms with E-state index >= 15 is 0 Å². The first-order valence-corrected chi connectivity index (χ1v) is 7.41. The van der Waals surface area contributed by atoms with Crippen LogP contribution in [0.1, 0.15) is 41.6 Å². The van der Waals surface area contributed by atoms with E-state index in [0.29, 0.717) is 17.5 Å². The minimum atomic E-state index is -0.354. The van der Waals surface area contributed by atoms with E-state index in [1.54, 1.807) is 6.07 Å². The Hall–Kier alpha value is -1.39. The molecule has 4 N–H and O–H groups in total. The van der Waals surface area contributed by atoms with E-state index in [4.69, 9.17) is 11.5 Å². The molecule has 0 heterocycles. The second-order valence-electron chi connectivity index (χ2n) is 5.78. The van der Waals surface area contributed by atoms with Crippen molar-refractivity contribution in [3.63, 3.8) is 0 Å². The molecule has 1 aromatic rings. The van der Waals surface area contributed by atoms with Gasteiger partial charge in [0.1, 0.15) is 0 Å². The highest BCUT2D eigenvalue weighted by molar-refractivity contribution is 5.94. The lowest BCUT2D eigenvalue weighted by molar-refractivity contribution is 0.0994. The van der Waals surface area contributed by atoms with Gasteiger partial charge in [-0.1, -0.05) is 31.0 Å². The summed E-state index contributed by atoms with van der Waals surface area (Å²) in [6.45, 7) is 1.49. The van der Waals surface area contributed by atoms with Gasteiger partial charge in [-0.15, -0.1) is 0 Å². The number of nitrogens with zero attached hydrogens (tertiary/aromatic N) is 1. The SMILES string of the molecule is CN(Cc1ccccc1C(N)=O)C1CCCCC1CN. The van der Waals surface area contributed by atoms with Crippen molar-refractivity contribution in [2.75, 3.05) is 13.6 Å². The molecule has 1 amide bonds. The van der Waals surface area contributed by atoms with Gasteiger partial charge in [0.2, 0.25) is 5.91 Å². The van der Waals surface area contributed by atoms with E-state index in [1.807, 2.05) is 18.2 Å². The fourth-order valence-electron chi connectivity index (χ4n) is 3.33. The van der Waals surface area contributed by atoms with Gasteiger partial charge in [-0.2, -0.15) is 0 Å². The number of carbonyl (C=O) groups excluding carboxylic acids is 1. The number of primary amides is 1. The highest BCUT2D eigenvalue weighted by Crippen LogP contribution is 2.28. The Morgan fingerprint density at radius 3 is 2.70 bits per heavy atom. The van der Waals surface area contributed by atoms with Crippen LogP contribution in [0.2, 0.25) is 0 Å². The minimum Gasteiger partial charge on any atom is -0.366 e. The fraction of sp³-hybridized carbons (Fsp3) is 0.562. The number of nitrogens with two attached hydrogens (primary N) is 2. The molecule has 20 heavy (non-hydrogen) atoms. The van der Waals surface area contributed by atoms with E-state index in [9.17, 15) is 4.79 Å². The van der Waals surface area contributed by atoms with Crippen molar-refractivity contribution in [3.05, 3.63) is 35.4 Å². The molecule has 1 fully saturated rings.